The number of aliphatic hydroxyl groups excluding tert-OH is 1. The van der Waals surface area contributed by atoms with Gasteiger partial charge in [-0.15, -0.1) is 0 Å². The van der Waals surface area contributed by atoms with Crippen molar-refractivity contribution < 1.29 is 29.4 Å². The van der Waals surface area contributed by atoms with Crippen molar-refractivity contribution >= 4 is 36.3 Å². The monoisotopic (exact) mass is 407 g/mol. The number of thiol groups is 1. The molecule has 0 spiro atoms. The van der Waals surface area contributed by atoms with Crippen LogP contribution in [0.2, 0.25) is 0 Å². The Morgan fingerprint density at radius 3 is 2.07 bits per heavy atom. The molecule has 0 aromatic rings. The van der Waals surface area contributed by atoms with E-state index in [9.17, 15) is 24.3 Å². The van der Waals surface area contributed by atoms with Gasteiger partial charge < -0.3 is 37.6 Å². The zero-order valence-corrected chi connectivity index (χ0v) is 16.1. The van der Waals surface area contributed by atoms with Crippen LogP contribution in [0.1, 0.15) is 26.2 Å². The third kappa shape index (κ3) is 9.56. The van der Waals surface area contributed by atoms with Crippen LogP contribution in [0.15, 0.2) is 0 Å². The van der Waals surface area contributed by atoms with E-state index in [2.05, 4.69) is 28.6 Å². The minimum Gasteiger partial charge on any atom is -0.480 e. The summed E-state index contributed by atoms with van der Waals surface area (Å²) in [6.45, 7) is 1.21. The summed E-state index contributed by atoms with van der Waals surface area (Å²) in [4.78, 5) is 47.2. The van der Waals surface area contributed by atoms with Gasteiger partial charge >= 0.3 is 5.97 Å². The first-order valence-corrected chi connectivity index (χ1v) is 9.12. The molecule has 12 heteroatoms. The van der Waals surface area contributed by atoms with E-state index in [1.807, 2.05) is 0 Å². The summed E-state index contributed by atoms with van der Waals surface area (Å²) in [5.74, 6) is -3.38. The Labute approximate surface area is 163 Å². The van der Waals surface area contributed by atoms with Crippen molar-refractivity contribution in [2.24, 2.45) is 11.5 Å². The van der Waals surface area contributed by atoms with E-state index >= 15 is 0 Å². The number of nitrogens with two attached hydrogens (primary N) is 2. The number of rotatable bonds is 13. The molecule has 0 aromatic heterocycles. The van der Waals surface area contributed by atoms with Gasteiger partial charge in [-0.25, -0.2) is 4.79 Å². The van der Waals surface area contributed by atoms with Crippen LogP contribution in [0.4, 0.5) is 0 Å². The largest absolute Gasteiger partial charge is 0.480 e. The summed E-state index contributed by atoms with van der Waals surface area (Å²) >= 11 is 4.00. The molecule has 3 amide bonds. The summed E-state index contributed by atoms with van der Waals surface area (Å²) in [6, 6.07) is -4.40. The van der Waals surface area contributed by atoms with E-state index in [0.29, 0.717) is 19.4 Å². The molecule has 0 aliphatic carbocycles. The van der Waals surface area contributed by atoms with Crippen LogP contribution in [0, 0.1) is 0 Å². The molecule has 0 rings (SSSR count). The smallest absolute Gasteiger partial charge is 0.326 e. The topological polar surface area (TPSA) is 197 Å². The Hall–Kier alpha value is -1.89. The average molecular weight is 407 g/mol. The number of unbranched alkanes of at least 4 members (excludes halogenated alkanes) is 1. The molecule has 27 heavy (non-hydrogen) atoms. The summed E-state index contributed by atoms with van der Waals surface area (Å²) in [7, 11) is 0. The molecule has 0 saturated heterocycles. The molecule has 156 valence electrons. The number of hydrogen-bond acceptors (Lipinski definition) is 8. The Balaban J connectivity index is 4.74. The van der Waals surface area contributed by atoms with Crippen LogP contribution in [0.5, 0.6) is 0 Å². The Morgan fingerprint density at radius 2 is 1.59 bits per heavy atom. The van der Waals surface area contributed by atoms with Crippen molar-refractivity contribution in [3.05, 3.63) is 0 Å². The van der Waals surface area contributed by atoms with Gasteiger partial charge in [0.1, 0.15) is 24.2 Å². The molecule has 0 heterocycles. The van der Waals surface area contributed by atoms with Crippen LogP contribution in [-0.2, 0) is 19.2 Å². The van der Waals surface area contributed by atoms with Gasteiger partial charge in [-0.1, -0.05) is 0 Å². The lowest BCUT2D eigenvalue weighted by Gasteiger charge is -2.22. The number of hydrogen-bond donors (Lipinski definition) is 8. The lowest BCUT2D eigenvalue weighted by atomic mass is 10.1. The molecule has 11 nitrogen and oxygen atoms in total. The van der Waals surface area contributed by atoms with E-state index in [0.717, 1.165) is 0 Å². The van der Waals surface area contributed by atoms with Gasteiger partial charge in [-0.3, -0.25) is 14.4 Å². The second kappa shape index (κ2) is 13.3. The number of carboxylic acids is 1. The number of nitrogens with one attached hydrogen (secondary N) is 3. The van der Waals surface area contributed by atoms with E-state index in [1.54, 1.807) is 0 Å². The number of carboxylic acid groups (broad SMARTS) is 1. The lowest BCUT2D eigenvalue weighted by molar-refractivity contribution is -0.142. The summed E-state index contributed by atoms with van der Waals surface area (Å²) in [6.07, 6.45) is 1.36. The highest BCUT2D eigenvalue weighted by atomic mass is 32.1. The molecule has 0 bridgehead atoms. The summed E-state index contributed by atoms with van der Waals surface area (Å²) < 4.78 is 0. The predicted octanol–water partition coefficient (Wildman–Crippen LogP) is -3.08. The highest BCUT2D eigenvalue weighted by Gasteiger charge is 2.27. The van der Waals surface area contributed by atoms with Crippen LogP contribution < -0.4 is 27.4 Å². The number of aliphatic hydroxyl groups is 1. The summed E-state index contributed by atoms with van der Waals surface area (Å²) in [5.41, 5.74) is 10.7. The van der Waals surface area contributed by atoms with Gasteiger partial charge in [0.05, 0.1) is 6.61 Å². The molecule has 0 aliphatic heterocycles. The fourth-order valence-corrected chi connectivity index (χ4v) is 2.24. The first-order valence-electron chi connectivity index (χ1n) is 8.49. The first kappa shape index (κ1) is 25.1. The fourth-order valence-electron chi connectivity index (χ4n) is 1.98. The van der Waals surface area contributed by atoms with Gasteiger partial charge in [-0.2, -0.15) is 12.6 Å². The van der Waals surface area contributed by atoms with E-state index in [4.69, 9.17) is 16.6 Å². The maximum absolute atomic E-state index is 12.3. The predicted molar refractivity (Wildman–Crippen MR) is 101 cm³/mol. The van der Waals surface area contributed by atoms with Crippen LogP contribution in [-0.4, -0.2) is 77.0 Å². The minimum absolute atomic E-state index is 0.0798. The quantitative estimate of drug-likeness (QED) is 0.116. The molecular formula is C15H29N5O6S. The number of carbonyl (C=O) groups is 4. The zero-order valence-electron chi connectivity index (χ0n) is 15.2. The van der Waals surface area contributed by atoms with Crippen molar-refractivity contribution in [3.63, 3.8) is 0 Å². The van der Waals surface area contributed by atoms with Crippen molar-refractivity contribution in [1.82, 2.24) is 16.0 Å². The van der Waals surface area contributed by atoms with Gasteiger partial charge in [0.15, 0.2) is 0 Å². The molecular weight excluding hydrogens is 378 g/mol. The second-order valence-corrected chi connectivity index (χ2v) is 6.31. The minimum atomic E-state index is -1.19. The number of amides is 3. The Morgan fingerprint density at radius 1 is 1.00 bits per heavy atom. The van der Waals surface area contributed by atoms with E-state index in [1.165, 1.54) is 6.92 Å². The number of aliphatic carboxylic acids is 1. The maximum atomic E-state index is 12.3. The molecule has 0 radical (unpaired) electrons. The normalized spacial score (nSPS) is 15.1. The number of carbonyl (C=O) groups excluding carboxylic acids is 3. The van der Waals surface area contributed by atoms with E-state index in [-0.39, 0.29) is 12.2 Å². The molecule has 9 N–H and O–H groups in total. The lowest BCUT2D eigenvalue weighted by Crippen LogP contribution is -2.57. The SMILES string of the molecule is CC(NC(=O)C(N)CO)C(=O)NC(CS)C(=O)NC(CCCCN)C(=O)O. The standard InChI is InChI=1S/C15H29N5O6S/c1-8(18-13(23)9(17)6-21)12(22)20-11(7-27)14(24)19-10(15(25)26)4-2-3-5-16/h8-11,21,27H,2-7,16-17H2,1H3,(H,18,23)(H,19,24)(H,20,22)(H,25,26). The van der Waals surface area contributed by atoms with Crippen molar-refractivity contribution in [2.75, 3.05) is 18.9 Å². The van der Waals surface area contributed by atoms with Gasteiger partial charge in [0.2, 0.25) is 17.7 Å². The highest BCUT2D eigenvalue weighted by molar-refractivity contribution is 7.80. The van der Waals surface area contributed by atoms with Crippen molar-refractivity contribution in [3.8, 4) is 0 Å². The molecule has 0 aliphatic rings. The first-order chi connectivity index (χ1) is 12.7. The zero-order chi connectivity index (χ0) is 21.0. The molecule has 4 unspecified atom stereocenters. The summed E-state index contributed by atoms with van der Waals surface area (Å²) in [5, 5.41) is 25.0. The molecule has 4 atom stereocenters. The second-order valence-electron chi connectivity index (χ2n) is 5.95. The highest BCUT2D eigenvalue weighted by Crippen LogP contribution is 2.02. The average Bonchev–Trinajstić information content (AvgIpc) is 2.63. The Kier molecular flexibility index (Phi) is 12.4. The third-order valence-corrected chi connectivity index (χ3v) is 4.03. The maximum Gasteiger partial charge on any atom is 0.326 e. The van der Waals surface area contributed by atoms with E-state index < -0.39 is 54.5 Å². The van der Waals surface area contributed by atoms with Gasteiger partial charge in [0, 0.05) is 5.75 Å². The third-order valence-electron chi connectivity index (χ3n) is 3.66. The van der Waals surface area contributed by atoms with Crippen LogP contribution in [0.25, 0.3) is 0 Å². The van der Waals surface area contributed by atoms with Crippen molar-refractivity contribution in [2.45, 2.75) is 50.4 Å². The van der Waals surface area contributed by atoms with Crippen molar-refractivity contribution in [1.29, 1.82) is 0 Å². The van der Waals surface area contributed by atoms with Crippen LogP contribution >= 0.6 is 12.6 Å². The molecule has 0 aromatic carbocycles. The fraction of sp³-hybridized carbons (Fsp3) is 0.733. The Bertz CT molecular complexity index is 521. The van der Waals surface area contributed by atoms with Gasteiger partial charge in [-0.05, 0) is 32.7 Å². The van der Waals surface area contributed by atoms with Gasteiger partial charge in [0.25, 0.3) is 0 Å². The van der Waals surface area contributed by atoms with Crippen LogP contribution in [0.3, 0.4) is 0 Å². The molecule has 0 saturated carbocycles. The molecule has 0 fully saturated rings.